The van der Waals surface area contributed by atoms with Gasteiger partial charge in [0.05, 0.1) is 11.9 Å². The fraction of sp³-hybridized carbons (Fsp3) is 0.391. The summed E-state index contributed by atoms with van der Waals surface area (Å²) < 4.78 is 27.1. The van der Waals surface area contributed by atoms with Crippen LogP contribution < -0.4 is 9.62 Å². The lowest BCUT2D eigenvalue weighted by Crippen LogP contribution is -2.52. The Morgan fingerprint density at radius 2 is 1.72 bits per heavy atom. The van der Waals surface area contributed by atoms with Crippen LogP contribution in [0.15, 0.2) is 53.0 Å². The number of nitrogens with zero attached hydrogens (tertiary/aromatic N) is 2. The minimum atomic E-state index is -3.74. The summed E-state index contributed by atoms with van der Waals surface area (Å²) in [6, 6.07) is 13.5. The minimum Gasteiger partial charge on any atom is -0.352 e. The Labute approximate surface area is 199 Å². The molecule has 0 saturated carbocycles. The number of nitrogens with one attached hydrogen (secondary N) is 1. The molecule has 0 bridgehead atoms. The van der Waals surface area contributed by atoms with Crippen molar-refractivity contribution < 1.29 is 18.0 Å². The maximum Gasteiger partial charge on any atom is 0.244 e. The van der Waals surface area contributed by atoms with Gasteiger partial charge in [-0.2, -0.15) is 0 Å². The Bertz CT molecular complexity index is 1070. The van der Waals surface area contributed by atoms with Crippen LogP contribution in [0, 0.1) is 6.92 Å². The second-order valence-electron chi connectivity index (χ2n) is 8.05. The number of hydrogen-bond donors (Lipinski definition) is 1. The van der Waals surface area contributed by atoms with E-state index in [-0.39, 0.29) is 18.5 Å². The van der Waals surface area contributed by atoms with Gasteiger partial charge in [-0.3, -0.25) is 13.9 Å². The number of carbonyl (C=O) groups excluding carboxylic acids is 2. The smallest absolute Gasteiger partial charge is 0.244 e. The zero-order chi connectivity index (χ0) is 24.1. The van der Waals surface area contributed by atoms with Crippen molar-refractivity contribution in [3.05, 3.63) is 64.1 Å². The maximum absolute atomic E-state index is 13.4. The average molecular weight is 524 g/mol. The fourth-order valence-electron chi connectivity index (χ4n) is 3.26. The highest BCUT2D eigenvalue weighted by atomic mass is 79.9. The Hall–Kier alpha value is -2.39. The third-order valence-corrected chi connectivity index (χ3v) is 6.52. The van der Waals surface area contributed by atoms with Crippen molar-refractivity contribution in [2.24, 2.45) is 0 Å². The number of aryl methyl sites for hydroxylation is 1. The molecule has 0 spiro atoms. The zero-order valence-corrected chi connectivity index (χ0v) is 21.4. The fourth-order valence-corrected chi connectivity index (χ4v) is 4.61. The highest BCUT2D eigenvalue weighted by Crippen LogP contribution is 2.23. The van der Waals surface area contributed by atoms with Gasteiger partial charge < -0.3 is 10.2 Å². The van der Waals surface area contributed by atoms with Crippen LogP contribution in [0.2, 0.25) is 0 Å². The molecule has 0 radical (unpaired) electrons. The van der Waals surface area contributed by atoms with Gasteiger partial charge in [0.25, 0.3) is 0 Å². The van der Waals surface area contributed by atoms with Gasteiger partial charge in [-0.25, -0.2) is 8.42 Å². The van der Waals surface area contributed by atoms with E-state index in [1.165, 1.54) is 4.90 Å². The van der Waals surface area contributed by atoms with Gasteiger partial charge in [-0.15, -0.1) is 0 Å². The molecule has 1 N–H and O–H groups in total. The van der Waals surface area contributed by atoms with E-state index in [0.717, 1.165) is 26.2 Å². The monoisotopic (exact) mass is 523 g/mol. The molecule has 174 valence electrons. The normalized spacial score (nSPS) is 12.3. The molecule has 0 aliphatic carbocycles. The van der Waals surface area contributed by atoms with Crippen LogP contribution in [-0.2, 0) is 26.2 Å². The summed E-state index contributed by atoms with van der Waals surface area (Å²) in [6.45, 7) is 6.87. The third kappa shape index (κ3) is 7.06. The molecule has 2 rings (SSSR count). The van der Waals surface area contributed by atoms with Gasteiger partial charge >= 0.3 is 0 Å². The molecular formula is C23H30BrN3O4S. The summed E-state index contributed by atoms with van der Waals surface area (Å²) in [5.74, 6) is -0.768. The number of carbonyl (C=O) groups is 2. The first-order valence-corrected chi connectivity index (χ1v) is 12.9. The molecule has 2 amide bonds. The Morgan fingerprint density at radius 1 is 1.06 bits per heavy atom. The van der Waals surface area contributed by atoms with E-state index in [2.05, 4.69) is 21.2 Å². The second kappa shape index (κ2) is 11.0. The number of anilines is 1. The average Bonchev–Trinajstić information content (AvgIpc) is 2.69. The Kier molecular flexibility index (Phi) is 8.86. The quantitative estimate of drug-likeness (QED) is 0.545. The highest BCUT2D eigenvalue weighted by molar-refractivity contribution is 9.10. The van der Waals surface area contributed by atoms with Crippen LogP contribution >= 0.6 is 15.9 Å². The molecular weight excluding hydrogens is 494 g/mol. The first kappa shape index (κ1) is 25.9. The molecule has 0 aromatic heterocycles. The number of halogens is 1. The second-order valence-corrected chi connectivity index (χ2v) is 10.9. The molecule has 0 aliphatic heterocycles. The van der Waals surface area contributed by atoms with Crippen LogP contribution in [0.5, 0.6) is 0 Å². The summed E-state index contributed by atoms with van der Waals surface area (Å²) in [5, 5.41) is 2.83. The van der Waals surface area contributed by atoms with Crippen molar-refractivity contribution in [3.8, 4) is 0 Å². The lowest BCUT2D eigenvalue weighted by atomic mass is 10.1. The standard InChI is InChI=1S/C23H30BrN3O4S/c1-16(2)25-23(29)18(4)26(14-19-10-8-11-20(24)13-19)22(28)15-27(32(5,30)31)21-12-7-6-9-17(21)3/h6-13,16,18H,14-15H2,1-5H3,(H,25,29)/t18-/m1/s1. The minimum absolute atomic E-state index is 0.0905. The van der Waals surface area contributed by atoms with Crippen molar-refractivity contribution in [3.63, 3.8) is 0 Å². The first-order chi connectivity index (χ1) is 14.9. The Balaban J connectivity index is 2.40. The van der Waals surface area contributed by atoms with E-state index >= 15 is 0 Å². The van der Waals surface area contributed by atoms with Crippen molar-refractivity contribution in [2.45, 2.75) is 46.3 Å². The first-order valence-electron chi connectivity index (χ1n) is 10.3. The molecule has 0 heterocycles. The predicted octanol–water partition coefficient (Wildman–Crippen LogP) is 3.47. The van der Waals surface area contributed by atoms with Crippen LogP contribution in [0.4, 0.5) is 5.69 Å². The van der Waals surface area contributed by atoms with E-state index in [9.17, 15) is 18.0 Å². The topological polar surface area (TPSA) is 86.8 Å². The van der Waals surface area contributed by atoms with Crippen molar-refractivity contribution >= 4 is 43.5 Å². The molecule has 0 fully saturated rings. The molecule has 1 atom stereocenters. The Morgan fingerprint density at radius 3 is 2.28 bits per heavy atom. The number of hydrogen-bond acceptors (Lipinski definition) is 4. The molecule has 0 saturated heterocycles. The number of para-hydroxylation sites is 1. The number of sulfonamides is 1. The molecule has 9 heteroatoms. The third-order valence-electron chi connectivity index (χ3n) is 4.90. The van der Waals surface area contributed by atoms with Gasteiger partial charge in [0.1, 0.15) is 12.6 Å². The lowest BCUT2D eigenvalue weighted by Gasteiger charge is -2.32. The highest BCUT2D eigenvalue weighted by Gasteiger charge is 2.30. The van der Waals surface area contributed by atoms with Crippen LogP contribution in [0.25, 0.3) is 0 Å². The molecule has 0 unspecified atom stereocenters. The maximum atomic E-state index is 13.4. The van der Waals surface area contributed by atoms with Gasteiger partial charge in [-0.1, -0.05) is 46.3 Å². The summed E-state index contributed by atoms with van der Waals surface area (Å²) in [5.41, 5.74) is 1.98. The number of rotatable bonds is 9. The summed E-state index contributed by atoms with van der Waals surface area (Å²) in [4.78, 5) is 27.6. The lowest BCUT2D eigenvalue weighted by molar-refractivity contribution is -0.139. The molecule has 0 aliphatic rings. The number of amides is 2. The van der Waals surface area contributed by atoms with Crippen molar-refractivity contribution in [1.82, 2.24) is 10.2 Å². The van der Waals surface area contributed by atoms with Gasteiger partial charge in [-0.05, 0) is 57.0 Å². The molecule has 2 aromatic carbocycles. The molecule has 2 aromatic rings. The predicted molar refractivity (Wildman–Crippen MR) is 131 cm³/mol. The van der Waals surface area contributed by atoms with E-state index in [1.807, 2.05) is 38.1 Å². The van der Waals surface area contributed by atoms with Gasteiger partial charge in [0.2, 0.25) is 21.8 Å². The zero-order valence-electron chi connectivity index (χ0n) is 19.0. The molecule has 32 heavy (non-hydrogen) atoms. The van der Waals surface area contributed by atoms with Crippen molar-refractivity contribution in [1.29, 1.82) is 0 Å². The van der Waals surface area contributed by atoms with E-state index in [4.69, 9.17) is 0 Å². The SMILES string of the molecule is Cc1ccccc1N(CC(=O)N(Cc1cccc(Br)c1)[C@H](C)C(=O)NC(C)C)S(C)(=O)=O. The van der Waals surface area contributed by atoms with E-state index in [0.29, 0.717) is 5.69 Å². The summed E-state index contributed by atoms with van der Waals surface area (Å²) >= 11 is 3.42. The summed E-state index contributed by atoms with van der Waals surface area (Å²) in [7, 11) is -3.74. The van der Waals surface area contributed by atoms with Crippen LogP contribution in [-0.4, -0.2) is 50.0 Å². The largest absolute Gasteiger partial charge is 0.352 e. The van der Waals surface area contributed by atoms with Crippen LogP contribution in [0.3, 0.4) is 0 Å². The van der Waals surface area contributed by atoms with Gasteiger partial charge in [0.15, 0.2) is 0 Å². The molecule has 7 nitrogen and oxygen atoms in total. The van der Waals surface area contributed by atoms with E-state index in [1.54, 1.807) is 38.1 Å². The van der Waals surface area contributed by atoms with Crippen LogP contribution in [0.1, 0.15) is 31.9 Å². The number of benzene rings is 2. The van der Waals surface area contributed by atoms with Gasteiger partial charge in [0, 0.05) is 17.1 Å². The van der Waals surface area contributed by atoms with E-state index < -0.39 is 28.5 Å². The van der Waals surface area contributed by atoms with Crippen molar-refractivity contribution in [2.75, 3.05) is 17.1 Å². The summed E-state index contributed by atoms with van der Waals surface area (Å²) in [6.07, 6.45) is 1.07.